The predicted molar refractivity (Wildman–Crippen MR) is 140 cm³/mol. The molecule has 1 N–H and O–H groups in total. The number of sulfonamides is 1. The van der Waals surface area contributed by atoms with Gasteiger partial charge < -0.3 is 14.8 Å². The molecule has 0 aromatic heterocycles. The van der Waals surface area contributed by atoms with Crippen LogP contribution in [0.4, 0.5) is 10.1 Å². The summed E-state index contributed by atoms with van der Waals surface area (Å²) < 4.78 is 53.1. The Balaban J connectivity index is 1.61. The molecule has 0 spiro atoms. The van der Waals surface area contributed by atoms with Crippen LogP contribution in [-0.2, 0) is 26.7 Å². The zero-order valence-electron chi connectivity index (χ0n) is 21.3. The Hall–Kier alpha value is -3.59. The first-order chi connectivity index (χ1) is 17.5. The molecular formula is C28H31FN2O5S. The lowest BCUT2D eigenvalue weighted by molar-refractivity contribution is -0.127. The zero-order chi connectivity index (χ0) is 26.8. The molecule has 1 amide bonds. The highest BCUT2D eigenvalue weighted by molar-refractivity contribution is 7.92. The van der Waals surface area contributed by atoms with Crippen LogP contribution in [0, 0.1) is 5.82 Å². The second kappa shape index (κ2) is 10.4. The Morgan fingerprint density at radius 2 is 1.76 bits per heavy atom. The van der Waals surface area contributed by atoms with Crippen LogP contribution in [0.5, 0.6) is 11.5 Å². The highest BCUT2D eigenvalue weighted by Gasteiger charge is 2.38. The SMILES string of the molecule is COc1ccc(S(=O)(=O)N2C[C@H](C(=O)NCCc3ccc(F)cc3)Oc3ccc(C(C)(C)C)cc32)cc1. The second-order valence-corrected chi connectivity index (χ2v) is 11.8. The Labute approximate surface area is 217 Å². The summed E-state index contributed by atoms with van der Waals surface area (Å²) in [6, 6.07) is 17.6. The van der Waals surface area contributed by atoms with Crippen molar-refractivity contribution in [2.24, 2.45) is 0 Å². The number of anilines is 1. The minimum Gasteiger partial charge on any atom is -0.497 e. The number of carbonyl (C=O) groups is 1. The van der Waals surface area contributed by atoms with Crippen LogP contribution in [0.15, 0.2) is 71.6 Å². The van der Waals surface area contributed by atoms with E-state index in [4.69, 9.17) is 9.47 Å². The normalized spacial score (nSPS) is 15.5. The van der Waals surface area contributed by atoms with Crippen LogP contribution in [-0.4, -0.2) is 40.6 Å². The molecule has 0 radical (unpaired) electrons. The Kier molecular flexibility index (Phi) is 7.45. The third-order valence-corrected chi connectivity index (χ3v) is 8.05. The molecule has 1 heterocycles. The summed E-state index contributed by atoms with van der Waals surface area (Å²) in [6.45, 7) is 6.23. The summed E-state index contributed by atoms with van der Waals surface area (Å²) in [5.74, 6) is 0.0993. The maximum absolute atomic E-state index is 13.8. The summed E-state index contributed by atoms with van der Waals surface area (Å²) in [7, 11) is -2.51. The molecular weight excluding hydrogens is 495 g/mol. The number of ether oxygens (including phenoxy) is 2. The first kappa shape index (κ1) is 26.5. The van der Waals surface area contributed by atoms with Gasteiger partial charge in [0.15, 0.2) is 6.10 Å². The average Bonchev–Trinajstić information content (AvgIpc) is 2.88. The maximum atomic E-state index is 13.8. The van der Waals surface area contributed by atoms with Gasteiger partial charge in [-0.3, -0.25) is 9.10 Å². The van der Waals surface area contributed by atoms with Gasteiger partial charge in [0, 0.05) is 6.54 Å². The molecule has 37 heavy (non-hydrogen) atoms. The van der Waals surface area contributed by atoms with Gasteiger partial charge >= 0.3 is 0 Å². The molecule has 1 aliphatic heterocycles. The minimum absolute atomic E-state index is 0.0813. The van der Waals surface area contributed by atoms with Gasteiger partial charge in [0.2, 0.25) is 0 Å². The molecule has 0 unspecified atom stereocenters. The fourth-order valence-electron chi connectivity index (χ4n) is 4.05. The lowest BCUT2D eigenvalue weighted by atomic mass is 9.86. The van der Waals surface area contributed by atoms with E-state index in [2.05, 4.69) is 5.32 Å². The molecule has 3 aromatic rings. The Bertz CT molecular complexity index is 1370. The van der Waals surface area contributed by atoms with Gasteiger partial charge in [0.25, 0.3) is 15.9 Å². The summed E-state index contributed by atoms with van der Waals surface area (Å²) in [6.07, 6.45) is -0.549. The fourth-order valence-corrected chi connectivity index (χ4v) is 5.52. The van der Waals surface area contributed by atoms with Crippen molar-refractivity contribution in [3.63, 3.8) is 0 Å². The van der Waals surface area contributed by atoms with E-state index in [0.717, 1.165) is 11.1 Å². The highest BCUT2D eigenvalue weighted by Crippen LogP contribution is 2.40. The van der Waals surface area contributed by atoms with Crippen LogP contribution in [0.25, 0.3) is 0 Å². The molecule has 7 nitrogen and oxygen atoms in total. The number of nitrogens with one attached hydrogen (secondary N) is 1. The number of benzene rings is 3. The van der Waals surface area contributed by atoms with Crippen molar-refractivity contribution < 1.29 is 27.1 Å². The largest absolute Gasteiger partial charge is 0.497 e. The van der Waals surface area contributed by atoms with E-state index < -0.39 is 22.0 Å². The molecule has 0 bridgehead atoms. The molecule has 0 aliphatic carbocycles. The van der Waals surface area contributed by atoms with E-state index in [1.807, 2.05) is 26.8 Å². The standard InChI is InChI=1S/C28H31FN2O5S/c1-28(2,3)20-7-14-25-24(17-20)31(37(33,34)23-12-10-22(35-4)11-13-23)18-26(36-25)27(32)30-16-15-19-5-8-21(29)9-6-19/h5-14,17,26H,15-16,18H2,1-4H3,(H,30,32)/t26-/m1/s1. The highest BCUT2D eigenvalue weighted by atomic mass is 32.2. The molecule has 0 saturated carbocycles. The number of nitrogens with zero attached hydrogens (tertiary/aromatic N) is 1. The van der Waals surface area contributed by atoms with Crippen LogP contribution < -0.4 is 19.1 Å². The van der Waals surface area contributed by atoms with E-state index in [-0.39, 0.29) is 22.7 Å². The van der Waals surface area contributed by atoms with Gasteiger partial charge in [-0.1, -0.05) is 39.0 Å². The van der Waals surface area contributed by atoms with Crippen molar-refractivity contribution in [1.29, 1.82) is 0 Å². The van der Waals surface area contributed by atoms with Gasteiger partial charge in [-0.2, -0.15) is 0 Å². The molecule has 3 aromatic carbocycles. The summed E-state index contributed by atoms with van der Waals surface area (Å²) in [5.41, 5.74) is 1.97. The molecule has 1 aliphatic rings. The van der Waals surface area contributed by atoms with Gasteiger partial charge in [0.05, 0.1) is 24.2 Å². The smallest absolute Gasteiger partial charge is 0.264 e. The van der Waals surface area contributed by atoms with Gasteiger partial charge in [-0.15, -0.1) is 0 Å². The van der Waals surface area contributed by atoms with Crippen molar-refractivity contribution in [3.05, 3.63) is 83.7 Å². The summed E-state index contributed by atoms with van der Waals surface area (Å²) in [4.78, 5) is 13.1. The molecule has 1 atom stereocenters. The Morgan fingerprint density at radius 1 is 1.08 bits per heavy atom. The first-order valence-electron chi connectivity index (χ1n) is 12.0. The van der Waals surface area contributed by atoms with Gasteiger partial charge in [-0.25, -0.2) is 12.8 Å². The number of hydrogen-bond donors (Lipinski definition) is 1. The van der Waals surface area contributed by atoms with Crippen molar-refractivity contribution in [2.75, 3.05) is 24.5 Å². The van der Waals surface area contributed by atoms with E-state index in [1.165, 1.54) is 35.7 Å². The van der Waals surface area contributed by atoms with E-state index in [0.29, 0.717) is 30.2 Å². The second-order valence-electron chi connectivity index (χ2n) is 9.92. The molecule has 0 fully saturated rings. The van der Waals surface area contributed by atoms with Crippen molar-refractivity contribution >= 4 is 21.6 Å². The van der Waals surface area contributed by atoms with E-state index in [1.54, 1.807) is 36.4 Å². The zero-order valence-corrected chi connectivity index (χ0v) is 22.1. The first-order valence-corrected chi connectivity index (χ1v) is 13.4. The number of carbonyl (C=O) groups excluding carboxylic acids is 1. The van der Waals surface area contributed by atoms with Crippen LogP contribution in [0.2, 0.25) is 0 Å². The summed E-state index contributed by atoms with van der Waals surface area (Å²) >= 11 is 0. The third kappa shape index (κ3) is 5.88. The predicted octanol–water partition coefficient (Wildman–Crippen LogP) is 4.45. The number of halogens is 1. The van der Waals surface area contributed by atoms with Crippen LogP contribution in [0.3, 0.4) is 0 Å². The van der Waals surface area contributed by atoms with Crippen molar-refractivity contribution in [3.8, 4) is 11.5 Å². The third-order valence-electron chi connectivity index (χ3n) is 6.26. The molecule has 4 rings (SSSR count). The number of amides is 1. The van der Waals surface area contributed by atoms with E-state index >= 15 is 0 Å². The molecule has 196 valence electrons. The topological polar surface area (TPSA) is 84.9 Å². The van der Waals surface area contributed by atoms with E-state index in [9.17, 15) is 17.6 Å². The van der Waals surface area contributed by atoms with Crippen LogP contribution in [0.1, 0.15) is 31.9 Å². The summed E-state index contributed by atoms with van der Waals surface area (Å²) in [5, 5.41) is 2.81. The molecule has 0 saturated heterocycles. The average molecular weight is 527 g/mol. The van der Waals surface area contributed by atoms with Crippen molar-refractivity contribution in [2.45, 2.75) is 43.6 Å². The van der Waals surface area contributed by atoms with Crippen molar-refractivity contribution in [1.82, 2.24) is 5.32 Å². The number of rotatable bonds is 7. The number of hydrogen-bond acceptors (Lipinski definition) is 5. The maximum Gasteiger partial charge on any atom is 0.264 e. The van der Waals surface area contributed by atoms with Crippen LogP contribution >= 0.6 is 0 Å². The van der Waals surface area contributed by atoms with Gasteiger partial charge in [0.1, 0.15) is 17.3 Å². The quantitative estimate of drug-likeness (QED) is 0.492. The lowest BCUT2D eigenvalue weighted by Gasteiger charge is -2.36. The minimum atomic E-state index is -4.01. The number of methoxy groups -OCH3 is 1. The molecule has 9 heteroatoms. The number of fused-ring (bicyclic) bond motifs is 1. The fraction of sp³-hybridized carbons (Fsp3) is 0.321. The Morgan fingerprint density at radius 3 is 2.38 bits per heavy atom. The van der Waals surface area contributed by atoms with Gasteiger partial charge in [-0.05, 0) is 71.5 Å². The monoisotopic (exact) mass is 526 g/mol. The lowest BCUT2D eigenvalue weighted by Crippen LogP contribution is -2.51.